The van der Waals surface area contributed by atoms with Crippen LogP contribution in [0, 0.1) is 5.82 Å². The summed E-state index contributed by atoms with van der Waals surface area (Å²) in [5.41, 5.74) is 2.24. The Hall–Kier alpha value is -2.28. The first-order chi connectivity index (χ1) is 13.1. The number of rotatable bonds is 4. The lowest BCUT2D eigenvalue weighted by atomic mass is 10.1. The molecular formula is C20H17ClFN3OS. The monoisotopic (exact) mass is 401 g/mol. The molecule has 4 rings (SSSR count). The van der Waals surface area contributed by atoms with Gasteiger partial charge in [0.05, 0.1) is 11.3 Å². The average Bonchev–Trinajstić information content (AvgIpc) is 3.04. The van der Waals surface area contributed by atoms with Crippen molar-refractivity contribution >= 4 is 34.0 Å². The van der Waals surface area contributed by atoms with Crippen molar-refractivity contribution in [2.24, 2.45) is 0 Å². The van der Waals surface area contributed by atoms with E-state index in [4.69, 9.17) is 11.6 Å². The molecule has 0 aliphatic carbocycles. The van der Waals surface area contributed by atoms with Crippen molar-refractivity contribution in [2.45, 2.75) is 19.5 Å². The maximum Gasteiger partial charge on any atom is 0.260 e. The van der Waals surface area contributed by atoms with Crippen LogP contribution in [0.25, 0.3) is 0 Å². The van der Waals surface area contributed by atoms with Crippen molar-refractivity contribution < 1.29 is 9.18 Å². The fourth-order valence-electron chi connectivity index (χ4n) is 3.12. The molecule has 1 amide bonds. The van der Waals surface area contributed by atoms with Crippen molar-refractivity contribution in [3.05, 3.63) is 81.1 Å². The Morgan fingerprint density at radius 2 is 2.07 bits per heavy atom. The first-order valence-electron chi connectivity index (χ1n) is 8.60. The van der Waals surface area contributed by atoms with Gasteiger partial charge in [-0.1, -0.05) is 41.9 Å². The van der Waals surface area contributed by atoms with Gasteiger partial charge >= 0.3 is 0 Å². The van der Waals surface area contributed by atoms with Gasteiger partial charge in [-0.25, -0.2) is 9.37 Å². The Labute approximate surface area is 165 Å². The van der Waals surface area contributed by atoms with E-state index in [-0.39, 0.29) is 10.6 Å². The molecule has 0 saturated heterocycles. The molecule has 1 aliphatic heterocycles. The second-order valence-electron chi connectivity index (χ2n) is 6.41. The Balaban J connectivity index is 1.44. The van der Waals surface area contributed by atoms with Crippen LogP contribution in [0.1, 0.15) is 26.5 Å². The normalized spacial score (nSPS) is 14.0. The first kappa shape index (κ1) is 18.1. The van der Waals surface area contributed by atoms with Crippen LogP contribution in [0.3, 0.4) is 0 Å². The van der Waals surface area contributed by atoms with Crippen LogP contribution in [0.2, 0.25) is 5.02 Å². The molecule has 2 heterocycles. The number of nitrogens with one attached hydrogen (secondary N) is 1. The molecule has 0 spiro atoms. The summed E-state index contributed by atoms with van der Waals surface area (Å²) in [6, 6.07) is 14.3. The summed E-state index contributed by atoms with van der Waals surface area (Å²) in [5, 5.41) is 3.46. The number of fused-ring (bicyclic) bond motifs is 1. The molecule has 138 valence electrons. The molecule has 0 unspecified atom stereocenters. The van der Waals surface area contributed by atoms with Crippen LogP contribution in [0.15, 0.2) is 48.5 Å². The highest BCUT2D eigenvalue weighted by molar-refractivity contribution is 7.15. The molecule has 3 aromatic rings. The second-order valence-corrected chi connectivity index (χ2v) is 7.93. The number of hydrogen-bond donors (Lipinski definition) is 1. The molecule has 27 heavy (non-hydrogen) atoms. The number of thiazole rings is 1. The van der Waals surface area contributed by atoms with Crippen molar-refractivity contribution in [1.82, 2.24) is 9.88 Å². The number of hydrogen-bond acceptors (Lipinski definition) is 4. The van der Waals surface area contributed by atoms with Crippen LogP contribution in [-0.2, 0) is 19.5 Å². The molecular weight excluding hydrogens is 385 g/mol. The molecule has 0 fully saturated rings. The van der Waals surface area contributed by atoms with Crippen LogP contribution in [-0.4, -0.2) is 22.3 Å². The van der Waals surface area contributed by atoms with E-state index in [9.17, 15) is 9.18 Å². The Morgan fingerprint density at radius 3 is 2.85 bits per heavy atom. The number of amides is 1. The minimum absolute atomic E-state index is 0.0433. The SMILES string of the molecule is O=C(Nc1nc2c(s1)CN(Cc1ccccc1)CC2)c1ccc(Cl)cc1F. The summed E-state index contributed by atoms with van der Waals surface area (Å²) in [5.74, 6) is -1.16. The number of benzene rings is 2. The van der Waals surface area contributed by atoms with E-state index in [0.717, 1.165) is 42.7 Å². The van der Waals surface area contributed by atoms with Crippen molar-refractivity contribution in [3.8, 4) is 0 Å². The number of nitrogens with zero attached hydrogens (tertiary/aromatic N) is 2. The molecule has 1 aromatic heterocycles. The number of carbonyl (C=O) groups is 1. The third-order valence-corrected chi connectivity index (χ3v) is 5.69. The van der Waals surface area contributed by atoms with Crippen LogP contribution in [0.4, 0.5) is 9.52 Å². The quantitative estimate of drug-likeness (QED) is 0.686. The zero-order chi connectivity index (χ0) is 18.8. The molecule has 0 atom stereocenters. The van der Waals surface area contributed by atoms with Crippen molar-refractivity contribution in [3.63, 3.8) is 0 Å². The number of anilines is 1. The second kappa shape index (κ2) is 7.76. The fourth-order valence-corrected chi connectivity index (χ4v) is 4.32. The lowest BCUT2D eigenvalue weighted by molar-refractivity contribution is 0.102. The summed E-state index contributed by atoms with van der Waals surface area (Å²) >= 11 is 7.18. The molecule has 0 saturated carbocycles. The Kier molecular flexibility index (Phi) is 5.20. The van der Waals surface area contributed by atoms with Crippen LogP contribution < -0.4 is 5.32 Å². The Morgan fingerprint density at radius 1 is 1.26 bits per heavy atom. The minimum atomic E-state index is -0.643. The highest BCUT2D eigenvalue weighted by Gasteiger charge is 2.22. The summed E-state index contributed by atoms with van der Waals surface area (Å²) < 4.78 is 13.9. The van der Waals surface area contributed by atoms with E-state index in [1.807, 2.05) is 18.2 Å². The maximum atomic E-state index is 13.9. The summed E-state index contributed by atoms with van der Waals surface area (Å²) in [6.07, 6.45) is 0.837. The van der Waals surface area contributed by atoms with Crippen molar-refractivity contribution in [2.75, 3.05) is 11.9 Å². The largest absolute Gasteiger partial charge is 0.298 e. The summed E-state index contributed by atoms with van der Waals surface area (Å²) in [7, 11) is 0. The molecule has 0 bridgehead atoms. The van der Waals surface area contributed by atoms with E-state index >= 15 is 0 Å². The predicted octanol–water partition coefficient (Wildman–Crippen LogP) is 4.75. The number of carbonyl (C=O) groups excluding carboxylic acids is 1. The predicted molar refractivity (Wildman–Crippen MR) is 106 cm³/mol. The van der Waals surface area contributed by atoms with Crippen molar-refractivity contribution in [1.29, 1.82) is 0 Å². The van der Waals surface area contributed by atoms with E-state index in [1.54, 1.807) is 0 Å². The lowest BCUT2D eigenvalue weighted by Crippen LogP contribution is -2.29. The van der Waals surface area contributed by atoms with Gasteiger partial charge in [0.2, 0.25) is 0 Å². The van der Waals surface area contributed by atoms with Gasteiger partial charge in [-0.05, 0) is 23.8 Å². The molecule has 0 radical (unpaired) electrons. The first-order valence-corrected chi connectivity index (χ1v) is 9.79. The van der Waals surface area contributed by atoms with Gasteiger partial charge in [0.15, 0.2) is 5.13 Å². The van der Waals surface area contributed by atoms with Gasteiger partial charge in [0.1, 0.15) is 5.82 Å². The highest BCUT2D eigenvalue weighted by Crippen LogP contribution is 2.29. The maximum absolute atomic E-state index is 13.9. The van der Waals surface area contributed by atoms with Gasteiger partial charge in [-0.15, -0.1) is 11.3 Å². The van der Waals surface area contributed by atoms with Crippen LogP contribution >= 0.6 is 22.9 Å². The van der Waals surface area contributed by atoms with Gasteiger partial charge in [0.25, 0.3) is 5.91 Å². The average molecular weight is 402 g/mol. The van der Waals surface area contributed by atoms with E-state index < -0.39 is 11.7 Å². The molecule has 2 aromatic carbocycles. The minimum Gasteiger partial charge on any atom is -0.298 e. The Bertz CT molecular complexity index is 977. The summed E-state index contributed by atoms with van der Waals surface area (Å²) in [4.78, 5) is 20.3. The number of halogens is 2. The zero-order valence-electron chi connectivity index (χ0n) is 14.4. The molecule has 7 heteroatoms. The molecule has 1 aliphatic rings. The van der Waals surface area contributed by atoms with Gasteiger partial charge in [0, 0.05) is 36.0 Å². The fraction of sp³-hybridized carbons (Fsp3) is 0.200. The van der Waals surface area contributed by atoms with Crippen LogP contribution in [0.5, 0.6) is 0 Å². The topological polar surface area (TPSA) is 45.2 Å². The molecule has 4 nitrogen and oxygen atoms in total. The summed E-state index contributed by atoms with van der Waals surface area (Å²) in [6.45, 7) is 2.60. The highest BCUT2D eigenvalue weighted by atomic mass is 35.5. The van der Waals surface area contributed by atoms with E-state index in [0.29, 0.717) is 5.13 Å². The van der Waals surface area contributed by atoms with Gasteiger partial charge < -0.3 is 0 Å². The number of aromatic nitrogens is 1. The smallest absolute Gasteiger partial charge is 0.260 e. The third kappa shape index (κ3) is 4.18. The van der Waals surface area contributed by atoms with Gasteiger partial charge in [-0.2, -0.15) is 0 Å². The standard InChI is InChI=1S/C20H17ClFN3OS/c21-14-6-7-15(16(22)10-14)19(26)24-20-23-17-8-9-25(12-18(17)27-20)11-13-4-2-1-3-5-13/h1-7,10H,8-9,11-12H2,(H,23,24,26). The van der Waals surface area contributed by atoms with Gasteiger partial charge in [-0.3, -0.25) is 15.0 Å². The lowest BCUT2D eigenvalue weighted by Gasteiger charge is -2.25. The third-order valence-electron chi connectivity index (χ3n) is 4.46. The van der Waals surface area contributed by atoms with E-state index in [1.165, 1.54) is 29.0 Å². The molecule has 1 N–H and O–H groups in total. The zero-order valence-corrected chi connectivity index (χ0v) is 16.0. The van der Waals surface area contributed by atoms with E-state index in [2.05, 4.69) is 27.3 Å².